The van der Waals surface area contributed by atoms with Gasteiger partial charge in [0, 0.05) is 16.7 Å². The average Bonchev–Trinajstić information content (AvgIpc) is 3.25. The lowest BCUT2D eigenvalue weighted by Gasteiger charge is -2.19. The maximum Gasteiger partial charge on any atom is 0.160 e. The molecular weight excluding hydrogens is 655 g/mol. The second kappa shape index (κ2) is 13.0. The summed E-state index contributed by atoms with van der Waals surface area (Å²) in [5.41, 5.74) is 10.1. The molecule has 0 aliphatic heterocycles. The average molecular weight is 686 g/mol. The molecule has 0 amide bonds. The summed E-state index contributed by atoms with van der Waals surface area (Å²) in [6, 6.07) is 68.3. The number of benzene rings is 9. The van der Waals surface area contributed by atoms with Gasteiger partial charge in [-0.3, -0.25) is 0 Å². The Morgan fingerprint density at radius 1 is 0.352 bits per heavy atom. The normalized spacial score (nSPS) is 11.3. The Labute approximate surface area is 313 Å². The first-order chi connectivity index (χ1) is 26.7. The van der Waals surface area contributed by atoms with Crippen LogP contribution in [-0.2, 0) is 0 Å². The van der Waals surface area contributed by atoms with Crippen molar-refractivity contribution in [2.45, 2.75) is 0 Å². The van der Waals surface area contributed by atoms with Crippen molar-refractivity contribution in [1.29, 1.82) is 5.26 Å². The second-order valence-corrected chi connectivity index (χ2v) is 13.7. The molecule has 0 aliphatic carbocycles. The summed E-state index contributed by atoms with van der Waals surface area (Å²) in [6.07, 6.45) is 0. The highest BCUT2D eigenvalue weighted by Gasteiger charge is 2.19. The summed E-state index contributed by atoms with van der Waals surface area (Å²) in [5.74, 6) is 0.660. The van der Waals surface area contributed by atoms with E-state index in [2.05, 4.69) is 133 Å². The third-order valence-corrected chi connectivity index (χ3v) is 10.5. The van der Waals surface area contributed by atoms with Gasteiger partial charge in [-0.05, 0) is 95.7 Å². The number of fused-ring (bicyclic) bond motifs is 5. The molecule has 0 radical (unpaired) electrons. The molecule has 0 atom stereocenters. The van der Waals surface area contributed by atoms with E-state index < -0.39 is 0 Å². The van der Waals surface area contributed by atoms with Crippen molar-refractivity contribution in [2.24, 2.45) is 0 Å². The molecule has 0 spiro atoms. The minimum Gasteiger partial charge on any atom is -0.228 e. The van der Waals surface area contributed by atoms with Crippen LogP contribution in [0, 0.1) is 11.3 Å². The number of rotatable bonds is 5. The van der Waals surface area contributed by atoms with Gasteiger partial charge in [0.15, 0.2) is 5.82 Å². The van der Waals surface area contributed by atoms with Crippen molar-refractivity contribution in [1.82, 2.24) is 9.97 Å². The lowest BCUT2D eigenvalue weighted by atomic mass is 9.83. The van der Waals surface area contributed by atoms with Crippen LogP contribution >= 0.6 is 0 Å². The van der Waals surface area contributed by atoms with E-state index in [0.29, 0.717) is 11.4 Å². The molecular formula is C51H31N3. The molecule has 1 aromatic heterocycles. The predicted octanol–water partition coefficient (Wildman–Crippen LogP) is 13.3. The van der Waals surface area contributed by atoms with Crippen molar-refractivity contribution >= 4 is 43.1 Å². The van der Waals surface area contributed by atoms with Gasteiger partial charge in [-0.1, -0.05) is 158 Å². The highest BCUT2D eigenvalue weighted by molar-refractivity contribution is 6.28. The SMILES string of the molecule is N#Cc1ccc(-c2cc(-c3ccc4cc(-c5c6ccccc6c(-c6ccccc6)c6ccc7ccccc7c56)ccc4c3)nc(-c3ccccc3)n2)cc1. The highest BCUT2D eigenvalue weighted by atomic mass is 14.9. The Balaban J connectivity index is 1.16. The zero-order valence-electron chi connectivity index (χ0n) is 29.2. The van der Waals surface area contributed by atoms with Crippen molar-refractivity contribution in [3.63, 3.8) is 0 Å². The quantitative estimate of drug-likeness (QED) is 0.134. The molecule has 3 nitrogen and oxygen atoms in total. The molecule has 3 heteroatoms. The molecule has 0 aliphatic rings. The minimum absolute atomic E-state index is 0.617. The molecule has 1 heterocycles. The fraction of sp³-hybridized carbons (Fsp3) is 0. The molecule has 10 aromatic rings. The van der Waals surface area contributed by atoms with E-state index in [-0.39, 0.29) is 0 Å². The summed E-state index contributed by atoms with van der Waals surface area (Å²) in [5, 5.41) is 19.1. The largest absolute Gasteiger partial charge is 0.228 e. The van der Waals surface area contributed by atoms with Crippen LogP contribution in [0.25, 0.3) is 99.2 Å². The van der Waals surface area contributed by atoms with E-state index >= 15 is 0 Å². The van der Waals surface area contributed by atoms with Crippen LogP contribution in [0.15, 0.2) is 188 Å². The first-order valence-electron chi connectivity index (χ1n) is 18.1. The van der Waals surface area contributed by atoms with Gasteiger partial charge in [-0.15, -0.1) is 0 Å². The maximum atomic E-state index is 9.37. The van der Waals surface area contributed by atoms with Crippen molar-refractivity contribution in [3.05, 3.63) is 194 Å². The Hall–Kier alpha value is -7.41. The smallest absolute Gasteiger partial charge is 0.160 e. The number of nitriles is 1. The maximum absolute atomic E-state index is 9.37. The zero-order valence-corrected chi connectivity index (χ0v) is 29.2. The van der Waals surface area contributed by atoms with Crippen LogP contribution < -0.4 is 0 Å². The Morgan fingerprint density at radius 2 is 0.889 bits per heavy atom. The topological polar surface area (TPSA) is 49.6 Å². The summed E-state index contributed by atoms with van der Waals surface area (Å²) in [4.78, 5) is 10.0. The van der Waals surface area contributed by atoms with E-state index in [0.717, 1.165) is 38.9 Å². The van der Waals surface area contributed by atoms with Crippen LogP contribution in [0.4, 0.5) is 0 Å². The minimum atomic E-state index is 0.617. The number of hydrogen-bond donors (Lipinski definition) is 0. The summed E-state index contributed by atoms with van der Waals surface area (Å²) in [7, 11) is 0. The molecule has 0 bridgehead atoms. The van der Waals surface area contributed by atoms with Gasteiger partial charge >= 0.3 is 0 Å². The Bertz CT molecular complexity index is 3090. The summed E-state index contributed by atoms with van der Waals surface area (Å²) in [6.45, 7) is 0. The predicted molar refractivity (Wildman–Crippen MR) is 224 cm³/mol. The van der Waals surface area contributed by atoms with Gasteiger partial charge < -0.3 is 0 Å². The molecule has 0 saturated heterocycles. The molecule has 9 aromatic carbocycles. The van der Waals surface area contributed by atoms with Crippen LogP contribution in [0.3, 0.4) is 0 Å². The highest BCUT2D eigenvalue weighted by Crippen LogP contribution is 2.46. The first-order valence-corrected chi connectivity index (χ1v) is 18.1. The Morgan fingerprint density at radius 3 is 1.59 bits per heavy atom. The van der Waals surface area contributed by atoms with Gasteiger partial charge in [-0.25, -0.2) is 9.97 Å². The van der Waals surface area contributed by atoms with Gasteiger partial charge in [0.05, 0.1) is 23.0 Å². The van der Waals surface area contributed by atoms with Crippen molar-refractivity contribution in [3.8, 4) is 62.2 Å². The molecule has 0 unspecified atom stereocenters. The zero-order chi connectivity index (χ0) is 36.0. The molecule has 0 fully saturated rings. The third kappa shape index (κ3) is 5.37. The number of nitrogens with zero attached hydrogens (tertiary/aromatic N) is 3. The fourth-order valence-corrected chi connectivity index (χ4v) is 7.90. The van der Waals surface area contributed by atoms with Gasteiger partial charge in [0.1, 0.15) is 0 Å². The van der Waals surface area contributed by atoms with E-state index in [1.54, 1.807) is 0 Å². The fourth-order valence-electron chi connectivity index (χ4n) is 7.90. The van der Waals surface area contributed by atoms with Crippen LogP contribution in [0.2, 0.25) is 0 Å². The van der Waals surface area contributed by atoms with Crippen molar-refractivity contribution in [2.75, 3.05) is 0 Å². The molecule has 54 heavy (non-hydrogen) atoms. The van der Waals surface area contributed by atoms with Gasteiger partial charge in [0.2, 0.25) is 0 Å². The van der Waals surface area contributed by atoms with Crippen molar-refractivity contribution < 1.29 is 0 Å². The van der Waals surface area contributed by atoms with Gasteiger partial charge in [0.25, 0.3) is 0 Å². The van der Waals surface area contributed by atoms with Crippen LogP contribution in [0.5, 0.6) is 0 Å². The lowest BCUT2D eigenvalue weighted by Crippen LogP contribution is -1.96. The monoisotopic (exact) mass is 685 g/mol. The van der Waals surface area contributed by atoms with E-state index in [1.165, 1.54) is 54.6 Å². The summed E-state index contributed by atoms with van der Waals surface area (Å²) >= 11 is 0. The van der Waals surface area contributed by atoms with E-state index in [9.17, 15) is 5.26 Å². The third-order valence-electron chi connectivity index (χ3n) is 10.5. The van der Waals surface area contributed by atoms with E-state index in [1.807, 2.05) is 60.7 Å². The second-order valence-electron chi connectivity index (χ2n) is 13.7. The number of hydrogen-bond acceptors (Lipinski definition) is 3. The lowest BCUT2D eigenvalue weighted by molar-refractivity contribution is 1.18. The number of aromatic nitrogens is 2. The standard InChI is InChI=1S/C51H31N3/c52-32-33-19-21-35(22-20-33)46-31-47(54-51(53-46)37-14-5-2-6-15-37)40-25-23-39-30-41(26-24-38(39)29-40)49-44-18-10-9-17-43(44)48(36-12-3-1-4-13-36)45-28-27-34-11-7-8-16-42(34)50(45)49/h1-31H. The first kappa shape index (κ1) is 31.3. The molecule has 0 saturated carbocycles. The van der Waals surface area contributed by atoms with Crippen LogP contribution in [-0.4, -0.2) is 9.97 Å². The molecule has 10 rings (SSSR count). The van der Waals surface area contributed by atoms with E-state index in [4.69, 9.17) is 9.97 Å². The molecule has 0 N–H and O–H groups in total. The van der Waals surface area contributed by atoms with Gasteiger partial charge in [-0.2, -0.15) is 5.26 Å². The molecule has 250 valence electrons. The summed E-state index contributed by atoms with van der Waals surface area (Å²) < 4.78 is 0. The Kier molecular flexibility index (Phi) is 7.53. The van der Waals surface area contributed by atoms with Crippen LogP contribution in [0.1, 0.15) is 5.56 Å².